The predicted octanol–water partition coefficient (Wildman–Crippen LogP) is 4.39. The number of hydrogen-bond acceptors (Lipinski definition) is 3. The van der Waals surface area contributed by atoms with Gasteiger partial charge in [-0.1, -0.05) is 36.4 Å². The van der Waals surface area contributed by atoms with Crippen LogP contribution < -0.4 is 0 Å². The summed E-state index contributed by atoms with van der Waals surface area (Å²) in [5.41, 5.74) is 3.03. The highest BCUT2D eigenvalue weighted by atomic mass is 32.1. The Morgan fingerprint density at radius 2 is 1.88 bits per heavy atom. The van der Waals surface area contributed by atoms with Crippen LogP contribution in [0.2, 0.25) is 0 Å². The van der Waals surface area contributed by atoms with Gasteiger partial charge in [-0.2, -0.15) is 11.3 Å². The summed E-state index contributed by atoms with van der Waals surface area (Å²) in [6.45, 7) is 1.08. The maximum atomic E-state index is 12.7. The monoisotopic (exact) mass is 334 g/mol. The van der Waals surface area contributed by atoms with Gasteiger partial charge < -0.3 is 4.90 Å². The van der Waals surface area contributed by atoms with E-state index in [0.29, 0.717) is 13.1 Å². The molecule has 0 bridgehead atoms. The van der Waals surface area contributed by atoms with Gasteiger partial charge in [0.05, 0.1) is 12.2 Å². The third-order valence-corrected chi connectivity index (χ3v) is 4.29. The highest BCUT2D eigenvalue weighted by Crippen LogP contribution is 2.13. The van der Waals surface area contributed by atoms with Crippen molar-refractivity contribution in [2.45, 2.75) is 13.1 Å². The van der Waals surface area contributed by atoms with Crippen molar-refractivity contribution in [1.82, 2.24) is 9.88 Å². The third kappa shape index (κ3) is 4.64. The van der Waals surface area contributed by atoms with Crippen LogP contribution in [-0.4, -0.2) is 15.8 Å². The van der Waals surface area contributed by atoms with Gasteiger partial charge in [0.25, 0.3) is 0 Å². The Morgan fingerprint density at radius 1 is 1.04 bits per heavy atom. The molecule has 0 N–H and O–H groups in total. The molecular weight excluding hydrogens is 316 g/mol. The molecule has 1 aromatic carbocycles. The Hall–Kier alpha value is -2.72. The molecule has 0 aliphatic rings. The number of rotatable bonds is 6. The van der Waals surface area contributed by atoms with Gasteiger partial charge in [0.1, 0.15) is 0 Å². The number of aromatic nitrogens is 1. The molecule has 0 aliphatic carbocycles. The average Bonchev–Trinajstić information content (AvgIpc) is 3.14. The topological polar surface area (TPSA) is 33.2 Å². The van der Waals surface area contributed by atoms with Gasteiger partial charge in [0.15, 0.2) is 0 Å². The Labute approximate surface area is 145 Å². The summed E-state index contributed by atoms with van der Waals surface area (Å²) in [6.07, 6.45) is 5.23. The maximum absolute atomic E-state index is 12.7. The molecule has 0 fully saturated rings. The summed E-state index contributed by atoms with van der Waals surface area (Å²) in [5, 5.41) is 4.10. The van der Waals surface area contributed by atoms with E-state index in [2.05, 4.69) is 10.4 Å². The van der Waals surface area contributed by atoms with Crippen LogP contribution in [0.1, 0.15) is 16.8 Å². The summed E-state index contributed by atoms with van der Waals surface area (Å²) in [4.78, 5) is 18.8. The van der Waals surface area contributed by atoms with Gasteiger partial charge in [-0.15, -0.1) is 0 Å². The second-order valence-corrected chi connectivity index (χ2v) is 6.17. The smallest absolute Gasteiger partial charge is 0.247 e. The molecule has 3 nitrogen and oxygen atoms in total. The molecular formula is C20H18N2OS. The molecule has 0 saturated heterocycles. The third-order valence-electron chi connectivity index (χ3n) is 3.56. The molecule has 0 aliphatic heterocycles. The normalized spacial score (nSPS) is 10.8. The van der Waals surface area contributed by atoms with Crippen molar-refractivity contribution >= 4 is 23.3 Å². The standard InChI is InChI=1S/C20H18N2OS/c23-20(10-9-17-6-2-1-3-7-17)22(14-18-11-13-24-16-18)15-19-8-4-5-12-21-19/h1-13,16H,14-15H2. The second kappa shape index (κ2) is 8.22. The molecule has 0 saturated carbocycles. The first-order valence-electron chi connectivity index (χ1n) is 7.74. The molecule has 4 heteroatoms. The molecule has 1 amide bonds. The van der Waals surface area contributed by atoms with Crippen LogP contribution in [0.5, 0.6) is 0 Å². The van der Waals surface area contributed by atoms with Crippen LogP contribution in [-0.2, 0) is 17.9 Å². The van der Waals surface area contributed by atoms with Gasteiger partial charge in [-0.3, -0.25) is 9.78 Å². The molecule has 0 atom stereocenters. The van der Waals surface area contributed by atoms with Crippen LogP contribution >= 0.6 is 11.3 Å². The van der Waals surface area contributed by atoms with Crippen molar-refractivity contribution in [3.63, 3.8) is 0 Å². The van der Waals surface area contributed by atoms with E-state index in [0.717, 1.165) is 16.8 Å². The summed E-state index contributed by atoms with van der Waals surface area (Å²) >= 11 is 1.64. The van der Waals surface area contributed by atoms with Crippen LogP contribution in [0.4, 0.5) is 0 Å². The number of hydrogen-bond donors (Lipinski definition) is 0. The van der Waals surface area contributed by atoms with Gasteiger partial charge >= 0.3 is 0 Å². The average molecular weight is 334 g/mol. The number of pyridine rings is 1. The zero-order chi connectivity index (χ0) is 16.6. The van der Waals surface area contributed by atoms with E-state index in [1.807, 2.05) is 71.0 Å². The van der Waals surface area contributed by atoms with E-state index in [1.165, 1.54) is 0 Å². The Balaban J connectivity index is 1.75. The summed E-state index contributed by atoms with van der Waals surface area (Å²) in [7, 11) is 0. The predicted molar refractivity (Wildman–Crippen MR) is 98.3 cm³/mol. The largest absolute Gasteiger partial charge is 0.329 e. The molecule has 24 heavy (non-hydrogen) atoms. The fourth-order valence-electron chi connectivity index (χ4n) is 2.34. The molecule has 2 aromatic heterocycles. The Kier molecular flexibility index (Phi) is 5.53. The maximum Gasteiger partial charge on any atom is 0.247 e. The van der Waals surface area contributed by atoms with Gasteiger partial charge in [-0.05, 0) is 46.2 Å². The van der Waals surface area contributed by atoms with Crippen molar-refractivity contribution in [2.75, 3.05) is 0 Å². The van der Waals surface area contributed by atoms with Crippen molar-refractivity contribution in [2.24, 2.45) is 0 Å². The van der Waals surface area contributed by atoms with Gasteiger partial charge in [0.2, 0.25) is 5.91 Å². The summed E-state index contributed by atoms with van der Waals surface area (Å²) in [6, 6.07) is 17.6. The first-order valence-corrected chi connectivity index (χ1v) is 8.68. The molecule has 0 unspecified atom stereocenters. The lowest BCUT2D eigenvalue weighted by Crippen LogP contribution is -2.28. The van der Waals surface area contributed by atoms with Gasteiger partial charge in [-0.25, -0.2) is 0 Å². The number of carbonyl (C=O) groups is 1. The highest BCUT2D eigenvalue weighted by molar-refractivity contribution is 7.07. The zero-order valence-corrected chi connectivity index (χ0v) is 14.0. The van der Waals surface area contributed by atoms with Crippen molar-refractivity contribution < 1.29 is 4.79 Å². The first kappa shape index (κ1) is 16.1. The molecule has 120 valence electrons. The minimum absolute atomic E-state index is 0.0179. The minimum atomic E-state index is -0.0179. The van der Waals surface area contributed by atoms with E-state index in [-0.39, 0.29) is 5.91 Å². The number of thiophene rings is 1. The number of amides is 1. The van der Waals surface area contributed by atoms with Crippen LogP contribution in [0.15, 0.2) is 77.6 Å². The quantitative estimate of drug-likeness (QED) is 0.627. The van der Waals surface area contributed by atoms with Crippen molar-refractivity contribution in [3.8, 4) is 0 Å². The fraction of sp³-hybridized carbons (Fsp3) is 0.100. The Morgan fingerprint density at radius 3 is 2.58 bits per heavy atom. The number of nitrogens with zero attached hydrogens (tertiary/aromatic N) is 2. The zero-order valence-electron chi connectivity index (χ0n) is 13.2. The molecule has 2 heterocycles. The second-order valence-electron chi connectivity index (χ2n) is 5.39. The van der Waals surface area contributed by atoms with E-state index >= 15 is 0 Å². The lowest BCUT2D eigenvalue weighted by molar-refractivity contribution is -0.127. The lowest BCUT2D eigenvalue weighted by Gasteiger charge is -2.20. The van der Waals surface area contributed by atoms with Crippen LogP contribution in [0, 0.1) is 0 Å². The van der Waals surface area contributed by atoms with Crippen molar-refractivity contribution in [1.29, 1.82) is 0 Å². The lowest BCUT2D eigenvalue weighted by atomic mass is 10.2. The SMILES string of the molecule is O=C(C=Cc1ccccc1)N(Cc1ccsc1)Cc1ccccn1. The van der Waals surface area contributed by atoms with Crippen LogP contribution in [0.3, 0.4) is 0 Å². The minimum Gasteiger partial charge on any atom is -0.329 e. The summed E-state index contributed by atoms with van der Waals surface area (Å²) in [5.74, 6) is -0.0179. The van der Waals surface area contributed by atoms with E-state index < -0.39 is 0 Å². The highest BCUT2D eigenvalue weighted by Gasteiger charge is 2.13. The van der Waals surface area contributed by atoms with E-state index in [4.69, 9.17) is 0 Å². The van der Waals surface area contributed by atoms with E-state index in [1.54, 1.807) is 23.6 Å². The molecule has 0 spiro atoms. The fourth-order valence-corrected chi connectivity index (χ4v) is 3.00. The first-order chi connectivity index (χ1) is 11.8. The molecule has 0 radical (unpaired) electrons. The number of carbonyl (C=O) groups excluding carboxylic acids is 1. The number of benzene rings is 1. The van der Waals surface area contributed by atoms with E-state index in [9.17, 15) is 4.79 Å². The molecule has 3 aromatic rings. The van der Waals surface area contributed by atoms with Crippen LogP contribution in [0.25, 0.3) is 6.08 Å². The van der Waals surface area contributed by atoms with Crippen molar-refractivity contribution in [3.05, 3.63) is 94.5 Å². The summed E-state index contributed by atoms with van der Waals surface area (Å²) < 4.78 is 0. The van der Waals surface area contributed by atoms with Gasteiger partial charge in [0, 0.05) is 18.8 Å². The Bertz CT molecular complexity index is 783. The molecule has 3 rings (SSSR count).